The number of aryl methyl sites for hydroxylation is 1. The third-order valence-corrected chi connectivity index (χ3v) is 4.68. The number of rotatable bonds is 3. The number of anilines is 1. The van der Waals surface area contributed by atoms with Crippen molar-refractivity contribution in [2.45, 2.75) is 32.9 Å². The van der Waals surface area contributed by atoms with Crippen molar-refractivity contribution < 1.29 is 9.72 Å². The fourth-order valence-electron chi connectivity index (χ4n) is 3.29. The first kappa shape index (κ1) is 17.0. The van der Waals surface area contributed by atoms with Gasteiger partial charge in [0.15, 0.2) is 0 Å². The van der Waals surface area contributed by atoms with E-state index in [0.717, 1.165) is 11.3 Å². The zero-order valence-electron chi connectivity index (χ0n) is 14.7. The maximum Gasteiger partial charge on any atom is 0.273 e. The molecule has 130 valence electrons. The van der Waals surface area contributed by atoms with Crippen molar-refractivity contribution in [1.82, 2.24) is 4.90 Å². The highest BCUT2D eigenvalue weighted by atomic mass is 16.6. The van der Waals surface area contributed by atoms with Crippen LogP contribution in [-0.4, -0.2) is 22.8 Å². The number of nitro benzene ring substituents is 1. The van der Waals surface area contributed by atoms with Gasteiger partial charge in [0.1, 0.15) is 6.17 Å². The quantitative estimate of drug-likeness (QED) is 0.671. The lowest BCUT2D eigenvalue weighted by Gasteiger charge is -2.36. The van der Waals surface area contributed by atoms with E-state index >= 15 is 0 Å². The summed E-state index contributed by atoms with van der Waals surface area (Å²) >= 11 is 0. The largest absolute Gasteiger partial charge is 0.361 e. The van der Waals surface area contributed by atoms with Crippen LogP contribution in [0.3, 0.4) is 0 Å². The molecule has 0 fully saturated rings. The number of benzene rings is 2. The van der Waals surface area contributed by atoms with Gasteiger partial charge in [-0.15, -0.1) is 0 Å². The Balaban J connectivity index is 2.07. The molecule has 0 bridgehead atoms. The van der Waals surface area contributed by atoms with Crippen LogP contribution < -0.4 is 5.32 Å². The minimum atomic E-state index is -0.443. The fourth-order valence-corrected chi connectivity index (χ4v) is 3.29. The number of carbonyl (C=O) groups is 1. The van der Waals surface area contributed by atoms with E-state index in [4.69, 9.17) is 0 Å². The zero-order valence-corrected chi connectivity index (χ0v) is 14.7. The van der Waals surface area contributed by atoms with E-state index < -0.39 is 6.17 Å². The maximum absolute atomic E-state index is 12.8. The van der Waals surface area contributed by atoms with Crippen molar-refractivity contribution in [1.29, 1.82) is 0 Å². The van der Waals surface area contributed by atoms with Gasteiger partial charge in [-0.25, -0.2) is 0 Å². The summed E-state index contributed by atoms with van der Waals surface area (Å²) in [7, 11) is 1.71. The SMILES string of the molecule is Cc1cccc2c1C(=O)N(C)C(c1ccc(C(C)C)c([N+](=O)[O-])c1)N2. The van der Waals surface area contributed by atoms with Gasteiger partial charge >= 0.3 is 0 Å². The van der Waals surface area contributed by atoms with Gasteiger partial charge in [0.05, 0.1) is 10.5 Å². The van der Waals surface area contributed by atoms with Crippen LogP contribution in [0, 0.1) is 17.0 Å². The third kappa shape index (κ3) is 2.84. The number of amides is 1. The number of nitrogens with zero attached hydrogens (tertiary/aromatic N) is 2. The third-order valence-electron chi connectivity index (χ3n) is 4.68. The average Bonchev–Trinajstić information content (AvgIpc) is 2.57. The second kappa shape index (κ2) is 6.20. The Morgan fingerprint density at radius 3 is 2.60 bits per heavy atom. The molecule has 0 aromatic heterocycles. The molecule has 0 saturated carbocycles. The standard InChI is InChI=1S/C19H21N3O3/c1-11(2)14-9-8-13(10-16(14)22(24)25)18-20-15-7-5-6-12(3)17(15)19(23)21(18)4/h5-11,18,20H,1-4H3. The highest BCUT2D eigenvalue weighted by Crippen LogP contribution is 2.36. The average molecular weight is 339 g/mol. The molecule has 6 nitrogen and oxygen atoms in total. The molecular weight excluding hydrogens is 318 g/mol. The second-order valence-electron chi connectivity index (χ2n) is 6.69. The normalized spacial score (nSPS) is 16.6. The Morgan fingerprint density at radius 1 is 1.24 bits per heavy atom. The Kier molecular flexibility index (Phi) is 4.20. The molecule has 1 heterocycles. The minimum Gasteiger partial charge on any atom is -0.361 e. The molecule has 0 aliphatic carbocycles. The molecule has 1 N–H and O–H groups in total. The Bertz CT molecular complexity index is 861. The predicted octanol–water partition coefficient (Wildman–Crippen LogP) is 4.22. The Morgan fingerprint density at radius 2 is 1.96 bits per heavy atom. The summed E-state index contributed by atoms with van der Waals surface area (Å²) in [5.41, 5.74) is 3.78. The molecule has 1 unspecified atom stereocenters. The predicted molar refractivity (Wildman–Crippen MR) is 96.8 cm³/mol. The Hall–Kier alpha value is -2.89. The highest BCUT2D eigenvalue weighted by Gasteiger charge is 2.32. The van der Waals surface area contributed by atoms with E-state index in [1.54, 1.807) is 24.1 Å². The van der Waals surface area contributed by atoms with Gasteiger partial charge in [-0.05, 0) is 24.5 Å². The Labute approximate surface area is 146 Å². The number of nitro groups is 1. The van der Waals surface area contributed by atoms with E-state index in [0.29, 0.717) is 16.7 Å². The monoisotopic (exact) mass is 339 g/mol. The lowest BCUT2D eigenvalue weighted by atomic mass is 9.96. The van der Waals surface area contributed by atoms with Gasteiger partial charge < -0.3 is 10.2 Å². The van der Waals surface area contributed by atoms with Crippen LogP contribution >= 0.6 is 0 Å². The topological polar surface area (TPSA) is 75.5 Å². The summed E-state index contributed by atoms with van der Waals surface area (Å²) in [6, 6.07) is 10.8. The summed E-state index contributed by atoms with van der Waals surface area (Å²) in [4.78, 5) is 25.4. The summed E-state index contributed by atoms with van der Waals surface area (Å²) in [5.74, 6) is -0.0380. The summed E-state index contributed by atoms with van der Waals surface area (Å²) < 4.78 is 0. The number of hydrogen-bond acceptors (Lipinski definition) is 4. The van der Waals surface area contributed by atoms with E-state index in [1.165, 1.54) is 0 Å². The van der Waals surface area contributed by atoms with Gasteiger partial charge in [0, 0.05) is 29.9 Å². The molecule has 1 aliphatic heterocycles. The molecule has 0 spiro atoms. The first-order chi connectivity index (χ1) is 11.8. The minimum absolute atomic E-state index is 0.0523. The van der Waals surface area contributed by atoms with Gasteiger partial charge in [-0.3, -0.25) is 14.9 Å². The van der Waals surface area contributed by atoms with Crippen LogP contribution in [0.5, 0.6) is 0 Å². The molecule has 1 atom stereocenters. The molecule has 1 aliphatic rings. The maximum atomic E-state index is 12.8. The summed E-state index contributed by atoms with van der Waals surface area (Å²) in [6.07, 6.45) is -0.443. The number of carbonyl (C=O) groups excluding carboxylic acids is 1. The molecule has 0 radical (unpaired) electrons. The van der Waals surface area contributed by atoms with Crippen molar-refractivity contribution in [2.24, 2.45) is 0 Å². The van der Waals surface area contributed by atoms with Gasteiger partial charge in [0.25, 0.3) is 11.6 Å². The van der Waals surface area contributed by atoms with E-state index in [9.17, 15) is 14.9 Å². The molecule has 1 amide bonds. The summed E-state index contributed by atoms with van der Waals surface area (Å²) in [6.45, 7) is 5.75. The lowest BCUT2D eigenvalue weighted by molar-refractivity contribution is -0.385. The van der Waals surface area contributed by atoms with E-state index in [1.807, 2.05) is 45.0 Å². The van der Waals surface area contributed by atoms with Crippen LogP contribution in [0.1, 0.15) is 53.0 Å². The molecule has 25 heavy (non-hydrogen) atoms. The number of nitrogens with one attached hydrogen (secondary N) is 1. The van der Waals surface area contributed by atoms with E-state index in [-0.39, 0.29) is 22.4 Å². The lowest BCUT2D eigenvalue weighted by Crippen LogP contribution is -2.40. The summed E-state index contributed by atoms with van der Waals surface area (Å²) in [5, 5.41) is 14.8. The molecular formula is C19H21N3O3. The first-order valence-electron chi connectivity index (χ1n) is 8.22. The molecule has 2 aromatic carbocycles. The van der Waals surface area contributed by atoms with Crippen LogP contribution in [0.2, 0.25) is 0 Å². The van der Waals surface area contributed by atoms with Crippen LogP contribution in [0.15, 0.2) is 36.4 Å². The molecule has 0 saturated heterocycles. The molecule has 3 rings (SSSR count). The first-order valence-corrected chi connectivity index (χ1v) is 8.22. The van der Waals surface area contributed by atoms with E-state index in [2.05, 4.69) is 5.32 Å². The van der Waals surface area contributed by atoms with Gasteiger partial charge in [-0.2, -0.15) is 0 Å². The number of fused-ring (bicyclic) bond motifs is 1. The van der Waals surface area contributed by atoms with Gasteiger partial charge in [-0.1, -0.05) is 38.1 Å². The highest BCUT2D eigenvalue weighted by molar-refractivity contribution is 6.02. The molecule has 6 heteroatoms. The van der Waals surface area contributed by atoms with Crippen LogP contribution in [0.4, 0.5) is 11.4 Å². The van der Waals surface area contributed by atoms with Crippen molar-refractivity contribution in [3.8, 4) is 0 Å². The van der Waals surface area contributed by atoms with Crippen molar-refractivity contribution >= 4 is 17.3 Å². The van der Waals surface area contributed by atoms with Crippen LogP contribution in [0.25, 0.3) is 0 Å². The van der Waals surface area contributed by atoms with Crippen molar-refractivity contribution in [3.63, 3.8) is 0 Å². The second-order valence-corrected chi connectivity index (χ2v) is 6.69. The van der Waals surface area contributed by atoms with Gasteiger partial charge in [0.2, 0.25) is 0 Å². The van der Waals surface area contributed by atoms with Crippen molar-refractivity contribution in [2.75, 3.05) is 12.4 Å². The fraction of sp³-hybridized carbons (Fsp3) is 0.316. The molecule has 2 aromatic rings. The van der Waals surface area contributed by atoms with Crippen LogP contribution in [-0.2, 0) is 0 Å². The number of hydrogen-bond donors (Lipinski definition) is 1. The van der Waals surface area contributed by atoms with Crippen molar-refractivity contribution in [3.05, 3.63) is 68.8 Å². The zero-order chi connectivity index (χ0) is 18.3. The smallest absolute Gasteiger partial charge is 0.273 e.